The lowest BCUT2D eigenvalue weighted by molar-refractivity contribution is 0.435. The molecule has 0 saturated heterocycles. The van der Waals surface area contributed by atoms with Crippen molar-refractivity contribution in [3.05, 3.63) is 34.9 Å². The molecule has 3 heteroatoms. The van der Waals surface area contributed by atoms with Gasteiger partial charge in [0.2, 0.25) is 0 Å². The number of aryl methyl sites for hydroxylation is 3. The van der Waals surface area contributed by atoms with Gasteiger partial charge in [-0.05, 0) is 31.9 Å². The number of hydrogen-bond donors (Lipinski definition) is 1. The zero-order valence-electron chi connectivity index (χ0n) is 9.16. The minimum atomic E-state index is 0.421. The van der Waals surface area contributed by atoms with E-state index in [0.717, 1.165) is 11.3 Å². The lowest BCUT2D eigenvalue weighted by Crippen LogP contribution is -1.88. The number of anilines is 1. The van der Waals surface area contributed by atoms with Crippen LogP contribution in [0.2, 0.25) is 0 Å². The molecule has 0 aliphatic carbocycles. The van der Waals surface area contributed by atoms with Gasteiger partial charge in [0.1, 0.15) is 0 Å². The van der Waals surface area contributed by atoms with E-state index in [0.29, 0.717) is 5.82 Å². The average molecular weight is 202 g/mol. The van der Waals surface area contributed by atoms with Crippen molar-refractivity contribution in [1.82, 2.24) is 5.16 Å². The van der Waals surface area contributed by atoms with Gasteiger partial charge >= 0.3 is 0 Å². The summed E-state index contributed by atoms with van der Waals surface area (Å²) in [4.78, 5) is 0. The number of nitrogen functional groups attached to an aromatic ring is 1. The molecular weight excluding hydrogens is 188 g/mol. The third-order valence-corrected chi connectivity index (χ3v) is 2.45. The van der Waals surface area contributed by atoms with Crippen LogP contribution in [0.15, 0.2) is 22.7 Å². The summed E-state index contributed by atoms with van der Waals surface area (Å²) in [7, 11) is 0. The van der Waals surface area contributed by atoms with Gasteiger partial charge in [-0.25, -0.2) is 0 Å². The molecule has 1 aromatic heterocycles. The normalized spacial score (nSPS) is 10.6. The minimum absolute atomic E-state index is 0.421. The highest BCUT2D eigenvalue weighted by molar-refractivity contribution is 5.68. The molecule has 0 saturated carbocycles. The molecule has 0 unspecified atom stereocenters. The highest BCUT2D eigenvalue weighted by Crippen LogP contribution is 2.29. The second-order valence-corrected chi connectivity index (χ2v) is 3.89. The molecule has 0 aliphatic heterocycles. The number of aromatic nitrogens is 1. The van der Waals surface area contributed by atoms with E-state index in [-0.39, 0.29) is 0 Å². The van der Waals surface area contributed by atoms with Gasteiger partial charge in [-0.1, -0.05) is 22.9 Å². The third-order valence-electron chi connectivity index (χ3n) is 2.45. The molecular formula is C12H14N2O. The second kappa shape index (κ2) is 3.42. The Balaban J connectivity index is 2.62. The number of nitrogens with zero attached hydrogens (tertiary/aromatic N) is 1. The van der Waals surface area contributed by atoms with Crippen molar-refractivity contribution in [2.75, 3.05) is 5.73 Å². The summed E-state index contributed by atoms with van der Waals surface area (Å²) in [6.45, 7) is 6.21. The molecule has 0 fully saturated rings. The molecule has 0 atom stereocenters. The van der Waals surface area contributed by atoms with Crippen LogP contribution in [0.1, 0.15) is 16.7 Å². The summed E-state index contributed by atoms with van der Waals surface area (Å²) in [5.74, 6) is 1.16. The maximum Gasteiger partial charge on any atom is 0.169 e. The zero-order valence-corrected chi connectivity index (χ0v) is 9.16. The molecule has 3 nitrogen and oxygen atoms in total. The highest BCUT2D eigenvalue weighted by Gasteiger charge is 2.11. The predicted octanol–water partition coefficient (Wildman–Crippen LogP) is 2.85. The SMILES string of the molecule is Cc1cc(C)c(-c2cc(N)no2)c(C)c1. The Labute approximate surface area is 88.9 Å². The molecule has 1 heterocycles. The molecule has 0 radical (unpaired) electrons. The number of hydrogen-bond acceptors (Lipinski definition) is 3. The quantitative estimate of drug-likeness (QED) is 0.773. The van der Waals surface area contributed by atoms with Gasteiger partial charge in [0.15, 0.2) is 11.6 Å². The van der Waals surface area contributed by atoms with E-state index in [1.165, 1.54) is 16.7 Å². The second-order valence-electron chi connectivity index (χ2n) is 3.89. The first kappa shape index (κ1) is 9.77. The first-order valence-corrected chi connectivity index (χ1v) is 4.88. The topological polar surface area (TPSA) is 52.0 Å². The van der Waals surface area contributed by atoms with Crippen molar-refractivity contribution in [3.63, 3.8) is 0 Å². The molecule has 1 aromatic carbocycles. The van der Waals surface area contributed by atoms with Crippen LogP contribution in [0.5, 0.6) is 0 Å². The van der Waals surface area contributed by atoms with E-state index in [1.54, 1.807) is 6.07 Å². The number of nitrogens with two attached hydrogens (primary N) is 1. The van der Waals surface area contributed by atoms with Gasteiger partial charge in [0, 0.05) is 11.6 Å². The van der Waals surface area contributed by atoms with E-state index in [1.807, 2.05) is 0 Å². The minimum Gasteiger partial charge on any atom is -0.381 e. The van der Waals surface area contributed by atoms with Gasteiger partial charge in [0.25, 0.3) is 0 Å². The van der Waals surface area contributed by atoms with Gasteiger partial charge in [-0.3, -0.25) is 0 Å². The Morgan fingerprint density at radius 3 is 2.13 bits per heavy atom. The maximum absolute atomic E-state index is 5.54. The zero-order chi connectivity index (χ0) is 11.0. The fraction of sp³-hybridized carbons (Fsp3) is 0.250. The van der Waals surface area contributed by atoms with Gasteiger partial charge < -0.3 is 10.3 Å². The van der Waals surface area contributed by atoms with Crippen molar-refractivity contribution in [3.8, 4) is 11.3 Å². The Morgan fingerprint density at radius 2 is 1.67 bits per heavy atom. The van der Waals surface area contributed by atoms with Crippen LogP contribution in [-0.4, -0.2) is 5.16 Å². The Kier molecular flexibility index (Phi) is 2.23. The fourth-order valence-corrected chi connectivity index (χ4v) is 1.98. The van der Waals surface area contributed by atoms with Crippen LogP contribution >= 0.6 is 0 Å². The molecule has 2 N–H and O–H groups in total. The van der Waals surface area contributed by atoms with Crippen LogP contribution in [0.3, 0.4) is 0 Å². The van der Waals surface area contributed by atoms with Crippen LogP contribution < -0.4 is 5.73 Å². The van der Waals surface area contributed by atoms with Crippen molar-refractivity contribution in [2.24, 2.45) is 0 Å². The predicted molar refractivity (Wildman–Crippen MR) is 60.6 cm³/mol. The molecule has 2 aromatic rings. The van der Waals surface area contributed by atoms with E-state index < -0.39 is 0 Å². The molecule has 0 bridgehead atoms. The Bertz CT molecular complexity index is 477. The monoisotopic (exact) mass is 202 g/mol. The van der Waals surface area contributed by atoms with Crippen LogP contribution in [0, 0.1) is 20.8 Å². The molecule has 0 aliphatic rings. The van der Waals surface area contributed by atoms with Crippen LogP contribution in [0.4, 0.5) is 5.82 Å². The van der Waals surface area contributed by atoms with Crippen LogP contribution in [0.25, 0.3) is 11.3 Å². The molecule has 0 amide bonds. The first-order chi connectivity index (χ1) is 7.08. The van der Waals surface area contributed by atoms with E-state index >= 15 is 0 Å². The maximum atomic E-state index is 5.54. The molecule has 0 spiro atoms. The fourth-order valence-electron chi connectivity index (χ4n) is 1.98. The molecule has 15 heavy (non-hydrogen) atoms. The van der Waals surface area contributed by atoms with E-state index in [9.17, 15) is 0 Å². The molecule has 2 rings (SSSR count). The van der Waals surface area contributed by atoms with Gasteiger partial charge in [-0.2, -0.15) is 0 Å². The van der Waals surface area contributed by atoms with Gasteiger partial charge in [0.05, 0.1) is 0 Å². The summed E-state index contributed by atoms with van der Waals surface area (Å²) >= 11 is 0. The lowest BCUT2D eigenvalue weighted by atomic mass is 9.98. The average Bonchev–Trinajstić information content (AvgIpc) is 2.49. The summed E-state index contributed by atoms with van der Waals surface area (Å²) in [6, 6.07) is 6.01. The van der Waals surface area contributed by atoms with Crippen molar-refractivity contribution in [2.45, 2.75) is 20.8 Å². The van der Waals surface area contributed by atoms with Crippen LogP contribution in [-0.2, 0) is 0 Å². The Hall–Kier alpha value is -1.77. The summed E-state index contributed by atoms with van der Waals surface area (Å²) in [6.07, 6.45) is 0. The summed E-state index contributed by atoms with van der Waals surface area (Å²) in [5.41, 5.74) is 10.2. The summed E-state index contributed by atoms with van der Waals surface area (Å²) < 4.78 is 5.18. The number of rotatable bonds is 1. The smallest absolute Gasteiger partial charge is 0.169 e. The standard InChI is InChI=1S/C12H14N2O/c1-7-4-8(2)12(9(3)5-7)10-6-11(13)14-15-10/h4-6H,1-3H3,(H2,13,14). The molecule has 78 valence electrons. The van der Waals surface area contributed by atoms with E-state index in [2.05, 4.69) is 38.1 Å². The number of benzene rings is 1. The summed E-state index contributed by atoms with van der Waals surface area (Å²) in [5, 5.41) is 3.70. The largest absolute Gasteiger partial charge is 0.381 e. The van der Waals surface area contributed by atoms with Crippen molar-refractivity contribution < 1.29 is 4.52 Å². The lowest BCUT2D eigenvalue weighted by Gasteiger charge is -2.07. The van der Waals surface area contributed by atoms with E-state index in [4.69, 9.17) is 10.3 Å². The van der Waals surface area contributed by atoms with Crippen molar-refractivity contribution >= 4 is 5.82 Å². The van der Waals surface area contributed by atoms with Crippen molar-refractivity contribution in [1.29, 1.82) is 0 Å². The first-order valence-electron chi connectivity index (χ1n) is 4.88. The van der Waals surface area contributed by atoms with Gasteiger partial charge in [-0.15, -0.1) is 0 Å². The Morgan fingerprint density at radius 1 is 1.07 bits per heavy atom. The third kappa shape index (κ3) is 1.73. The highest BCUT2D eigenvalue weighted by atomic mass is 16.5.